The first-order valence-corrected chi connectivity index (χ1v) is 15.3. The number of nitrogens with zero attached hydrogens (tertiary/aromatic N) is 1. The Balaban J connectivity index is 2.04. The molecule has 0 fully saturated rings. The van der Waals surface area contributed by atoms with Crippen LogP contribution in [-0.2, 0) is 19.1 Å². The number of carbonyl (C=O) groups is 4. The number of hydrogen-bond acceptors (Lipinski definition) is 5. The first-order valence-electron chi connectivity index (χ1n) is 15.3. The van der Waals surface area contributed by atoms with E-state index in [4.69, 9.17) is 10.5 Å². The van der Waals surface area contributed by atoms with Crippen molar-refractivity contribution in [2.75, 3.05) is 11.9 Å². The molecule has 236 valence electrons. The molecule has 2 unspecified atom stereocenters. The number of nitrogens with one attached hydrogen (secondary N) is 2. The molecule has 44 heavy (non-hydrogen) atoms. The van der Waals surface area contributed by atoms with Crippen LogP contribution >= 0.6 is 0 Å². The predicted octanol–water partition coefficient (Wildman–Crippen LogP) is 6.40. The van der Waals surface area contributed by atoms with Gasteiger partial charge in [0.25, 0.3) is 5.91 Å². The second-order valence-electron chi connectivity index (χ2n) is 12.2. The van der Waals surface area contributed by atoms with Crippen LogP contribution in [0.3, 0.4) is 0 Å². The summed E-state index contributed by atoms with van der Waals surface area (Å²) in [4.78, 5) is 54.6. The lowest BCUT2D eigenvalue weighted by molar-refractivity contribution is -0.141. The number of hydrogen-bond donors (Lipinski definition) is 3. The van der Waals surface area contributed by atoms with E-state index >= 15 is 0 Å². The molecular formula is C35H46N4O5. The van der Waals surface area contributed by atoms with Crippen molar-refractivity contribution in [3.05, 3.63) is 77.9 Å². The third-order valence-corrected chi connectivity index (χ3v) is 7.14. The summed E-state index contributed by atoms with van der Waals surface area (Å²) in [6, 6.07) is 18.9. The Morgan fingerprint density at radius 3 is 2.30 bits per heavy atom. The maximum absolute atomic E-state index is 14.4. The number of ether oxygens (including phenoxy) is 1. The number of benzene rings is 3. The van der Waals surface area contributed by atoms with Crippen molar-refractivity contribution < 1.29 is 23.9 Å². The molecule has 9 nitrogen and oxygen atoms in total. The molecule has 0 heterocycles. The number of fused-ring (bicyclic) bond motifs is 1. The number of alkyl carbamates (subject to hydrolysis) is 1. The van der Waals surface area contributed by atoms with Gasteiger partial charge in [-0.3, -0.25) is 14.4 Å². The zero-order chi connectivity index (χ0) is 32.3. The summed E-state index contributed by atoms with van der Waals surface area (Å²) in [7, 11) is 0. The number of nitrogens with two attached hydrogens (primary N) is 1. The van der Waals surface area contributed by atoms with E-state index in [1.165, 1.54) is 4.90 Å². The molecule has 0 saturated carbocycles. The summed E-state index contributed by atoms with van der Waals surface area (Å²) in [6.07, 6.45) is 2.53. The maximum Gasteiger partial charge on any atom is 0.408 e. The van der Waals surface area contributed by atoms with Crippen molar-refractivity contribution in [3.8, 4) is 0 Å². The number of primary amides is 1. The van der Waals surface area contributed by atoms with Crippen molar-refractivity contribution in [3.63, 3.8) is 0 Å². The molecule has 4 amide bonds. The van der Waals surface area contributed by atoms with Gasteiger partial charge in [0.2, 0.25) is 11.8 Å². The lowest BCUT2D eigenvalue weighted by Gasteiger charge is -2.34. The quantitative estimate of drug-likeness (QED) is 0.184. The van der Waals surface area contributed by atoms with Gasteiger partial charge in [-0.25, -0.2) is 4.79 Å². The van der Waals surface area contributed by atoms with Crippen LogP contribution in [0.25, 0.3) is 10.8 Å². The summed E-state index contributed by atoms with van der Waals surface area (Å²) in [5.41, 5.74) is 6.80. The second-order valence-corrected chi connectivity index (χ2v) is 12.2. The predicted molar refractivity (Wildman–Crippen MR) is 174 cm³/mol. The Kier molecular flexibility index (Phi) is 12.3. The number of unbranched alkanes of at least 4 members (excludes halogenated alkanes) is 3. The molecular weight excluding hydrogens is 556 g/mol. The fourth-order valence-corrected chi connectivity index (χ4v) is 5.06. The molecule has 4 N–H and O–H groups in total. The van der Waals surface area contributed by atoms with Crippen LogP contribution in [0.1, 0.15) is 83.4 Å². The molecule has 3 aromatic rings. The minimum Gasteiger partial charge on any atom is -0.444 e. The topological polar surface area (TPSA) is 131 Å². The Morgan fingerprint density at radius 1 is 0.909 bits per heavy atom. The Bertz CT molecular complexity index is 1450. The highest BCUT2D eigenvalue weighted by Crippen LogP contribution is 2.28. The highest BCUT2D eigenvalue weighted by molar-refractivity contribution is 6.00. The van der Waals surface area contributed by atoms with E-state index in [2.05, 4.69) is 17.6 Å². The fourth-order valence-electron chi connectivity index (χ4n) is 5.06. The van der Waals surface area contributed by atoms with Crippen molar-refractivity contribution in [1.82, 2.24) is 10.2 Å². The summed E-state index contributed by atoms with van der Waals surface area (Å²) < 4.78 is 5.42. The molecule has 0 bridgehead atoms. The van der Waals surface area contributed by atoms with Gasteiger partial charge >= 0.3 is 6.09 Å². The minimum atomic E-state index is -1.13. The number of anilines is 1. The second kappa shape index (κ2) is 15.9. The molecule has 0 aromatic heterocycles. The zero-order valence-corrected chi connectivity index (χ0v) is 26.5. The van der Waals surface area contributed by atoms with Crippen molar-refractivity contribution in [1.29, 1.82) is 0 Å². The van der Waals surface area contributed by atoms with Gasteiger partial charge in [-0.2, -0.15) is 0 Å². The molecule has 0 aliphatic rings. The highest BCUT2D eigenvalue weighted by Gasteiger charge is 2.36. The third kappa shape index (κ3) is 10.4. The SMILES string of the molecule is CCCCCCN(C(=O)C(CCC(N)=O)NC(=O)OC(C)(C)C)C(C(=O)Nc1ccc2ccccc2c1)c1cccc(C)c1. The number of rotatable bonds is 14. The van der Waals surface area contributed by atoms with Crippen LogP contribution in [0.4, 0.5) is 10.5 Å². The summed E-state index contributed by atoms with van der Waals surface area (Å²) in [6.45, 7) is 9.45. The average molecular weight is 603 g/mol. The third-order valence-electron chi connectivity index (χ3n) is 7.14. The Hall–Kier alpha value is -4.40. The van der Waals surface area contributed by atoms with Gasteiger partial charge in [-0.05, 0) is 69.0 Å². The van der Waals surface area contributed by atoms with E-state index in [1.54, 1.807) is 20.8 Å². The monoisotopic (exact) mass is 602 g/mol. The molecule has 0 spiro atoms. The van der Waals surface area contributed by atoms with Crippen molar-refractivity contribution in [2.24, 2.45) is 5.73 Å². The van der Waals surface area contributed by atoms with Crippen LogP contribution in [0, 0.1) is 6.92 Å². The van der Waals surface area contributed by atoms with Gasteiger partial charge in [0.15, 0.2) is 0 Å². The van der Waals surface area contributed by atoms with Crippen LogP contribution in [0.5, 0.6) is 0 Å². The van der Waals surface area contributed by atoms with Crippen LogP contribution in [-0.4, -0.2) is 46.9 Å². The number of amides is 4. The summed E-state index contributed by atoms with van der Waals surface area (Å²) >= 11 is 0. The van der Waals surface area contributed by atoms with Gasteiger partial charge in [-0.1, -0.05) is 86.3 Å². The minimum absolute atomic E-state index is 0.0360. The van der Waals surface area contributed by atoms with Crippen LogP contribution < -0.4 is 16.4 Å². The molecule has 3 aromatic carbocycles. The van der Waals surface area contributed by atoms with E-state index in [1.807, 2.05) is 73.7 Å². The van der Waals surface area contributed by atoms with E-state index in [9.17, 15) is 19.2 Å². The normalized spacial score (nSPS) is 12.7. The number of carbonyl (C=O) groups excluding carboxylic acids is 4. The molecule has 0 aliphatic carbocycles. The molecule has 0 radical (unpaired) electrons. The van der Waals surface area contributed by atoms with E-state index in [0.29, 0.717) is 17.7 Å². The van der Waals surface area contributed by atoms with Gasteiger partial charge < -0.3 is 26.0 Å². The molecule has 0 saturated heterocycles. The highest BCUT2D eigenvalue weighted by atomic mass is 16.6. The lowest BCUT2D eigenvalue weighted by Crippen LogP contribution is -2.52. The van der Waals surface area contributed by atoms with E-state index in [-0.39, 0.29) is 25.3 Å². The van der Waals surface area contributed by atoms with E-state index in [0.717, 1.165) is 35.6 Å². The molecule has 3 rings (SSSR count). The largest absolute Gasteiger partial charge is 0.444 e. The van der Waals surface area contributed by atoms with Crippen LogP contribution in [0.15, 0.2) is 66.7 Å². The first-order chi connectivity index (χ1) is 20.9. The molecule has 0 aliphatic heterocycles. The van der Waals surface area contributed by atoms with Crippen molar-refractivity contribution in [2.45, 2.75) is 90.8 Å². The van der Waals surface area contributed by atoms with E-state index < -0.39 is 35.6 Å². The van der Waals surface area contributed by atoms with Gasteiger partial charge in [-0.15, -0.1) is 0 Å². The molecule has 2 atom stereocenters. The summed E-state index contributed by atoms with van der Waals surface area (Å²) in [5.74, 6) is -1.48. The van der Waals surface area contributed by atoms with Gasteiger partial charge in [0.1, 0.15) is 17.7 Å². The maximum atomic E-state index is 14.4. The summed E-state index contributed by atoms with van der Waals surface area (Å²) in [5, 5.41) is 7.69. The Morgan fingerprint density at radius 2 is 1.64 bits per heavy atom. The lowest BCUT2D eigenvalue weighted by atomic mass is 9.99. The first kappa shape index (κ1) is 34.1. The number of aryl methyl sites for hydroxylation is 1. The van der Waals surface area contributed by atoms with Crippen LogP contribution in [0.2, 0.25) is 0 Å². The smallest absolute Gasteiger partial charge is 0.408 e. The molecule has 9 heteroatoms. The fraction of sp³-hybridized carbons (Fsp3) is 0.429. The van der Waals surface area contributed by atoms with Gasteiger partial charge in [0.05, 0.1) is 0 Å². The standard InChI is InChI=1S/C35H46N4O5/c1-6-7-8-11-21-39(33(42)29(19-20-30(36)40)38-34(43)44-35(3,4)5)31(27-16-12-13-24(2)22-27)32(41)37-28-18-17-25-14-9-10-15-26(25)23-28/h9-10,12-18,22-23,29,31H,6-8,11,19-21H2,1-5H3,(H2,36,40)(H,37,41)(H,38,43). The van der Waals surface area contributed by atoms with Gasteiger partial charge in [0, 0.05) is 18.7 Å². The average Bonchev–Trinajstić information content (AvgIpc) is 2.95. The zero-order valence-electron chi connectivity index (χ0n) is 26.5. The van der Waals surface area contributed by atoms with Crippen molar-refractivity contribution >= 4 is 40.3 Å². The Labute approximate surface area is 260 Å².